The van der Waals surface area contributed by atoms with Gasteiger partial charge in [0.15, 0.2) is 28.2 Å². The molecule has 3 N–H and O–H groups in total. The van der Waals surface area contributed by atoms with Crippen molar-refractivity contribution in [3.8, 4) is 11.5 Å². The zero-order valence-corrected chi connectivity index (χ0v) is 28.4. The summed E-state index contributed by atoms with van der Waals surface area (Å²) in [7, 11) is -5.70. The van der Waals surface area contributed by atoms with Gasteiger partial charge in [0, 0.05) is 18.3 Å². The van der Waals surface area contributed by atoms with Crippen LogP contribution in [0.5, 0.6) is 11.5 Å². The zero-order valence-electron chi connectivity index (χ0n) is 27.6. The molecule has 0 saturated heterocycles. The van der Waals surface area contributed by atoms with Gasteiger partial charge in [-0.1, -0.05) is 51.1 Å². The fraction of sp³-hybridized carbons (Fsp3) is 0.278. The van der Waals surface area contributed by atoms with E-state index in [2.05, 4.69) is 6.07 Å². The van der Waals surface area contributed by atoms with E-state index < -0.39 is 80.3 Å². The maximum atomic E-state index is 15.0. The average Bonchev–Trinajstić information content (AvgIpc) is 3.90. The molecule has 1 fully saturated rings. The van der Waals surface area contributed by atoms with E-state index in [0.717, 1.165) is 47.1 Å². The summed E-state index contributed by atoms with van der Waals surface area (Å²) in [5.41, 5.74) is 1.53. The summed E-state index contributed by atoms with van der Waals surface area (Å²) in [6.07, 6.45) is 1.89. The van der Waals surface area contributed by atoms with Crippen LogP contribution in [0.2, 0.25) is 0 Å². The number of phenols is 2. The van der Waals surface area contributed by atoms with E-state index >= 15 is 0 Å². The van der Waals surface area contributed by atoms with Crippen LogP contribution in [0.15, 0.2) is 65.6 Å². The molecule has 270 valence electrons. The molecule has 4 aromatic rings. The lowest BCUT2D eigenvalue weighted by Crippen LogP contribution is -2.43. The molecule has 0 aliphatic heterocycles. The van der Waals surface area contributed by atoms with Gasteiger partial charge in [0.2, 0.25) is 21.7 Å². The first-order chi connectivity index (χ1) is 23.8. The summed E-state index contributed by atoms with van der Waals surface area (Å²) in [5, 5.41) is 29.9. The number of amides is 1. The Kier molecular flexibility index (Phi) is 10.2. The highest BCUT2D eigenvalue weighted by atomic mass is 32.2. The third-order valence-electron chi connectivity index (χ3n) is 8.44. The normalized spacial score (nSPS) is 13.4. The standard InChI is InChI=1S/C36H33F5N2O7S/c1-36(2,3)23-12-20(11-22(14-23)21-7-8-21)17-43(24-9-10-26(35(47)48)27(45)15-24)28(46)18-42(16-19-5-4-6-25(44)13-19)51(49,50)34-32(40)30(38)29(37)31(39)33(34)41/h4-6,9-15,21,44-45H,7-8,16-18H2,1-3H3,(H,47,48). The van der Waals surface area contributed by atoms with Crippen molar-refractivity contribution in [3.63, 3.8) is 0 Å². The number of carbonyl (C=O) groups is 2. The Morgan fingerprint density at radius 1 is 0.804 bits per heavy atom. The zero-order chi connectivity index (χ0) is 37.6. The van der Waals surface area contributed by atoms with Crippen LogP contribution in [0.1, 0.15) is 72.1 Å². The predicted molar refractivity (Wildman–Crippen MR) is 175 cm³/mol. The highest BCUT2D eigenvalue weighted by molar-refractivity contribution is 7.89. The van der Waals surface area contributed by atoms with Gasteiger partial charge in [0.1, 0.15) is 17.1 Å². The Morgan fingerprint density at radius 3 is 1.98 bits per heavy atom. The molecule has 15 heteroatoms. The summed E-state index contributed by atoms with van der Waals surface area (Å²) in [5.74, 6) is -16.3. The van der Waals surface area contributed by atoms with E-state index in [0.29, 0.717) is 5.56 Å². The van der Waals surface area contributed by atoms with Gasteiger partial charge in [-0.25, -0.2) is 35.2 Å². The predicted octanol–water partition coefficient (Wildman–Crippen LogP) is 7.09. The van der Waals surface area contributed by atoms with Crippen molar-refractivity contribution >= 4 is 27.6 Å². The van der Waals surface area contributed by atoms with Crippen molar-refractivity contribution in [3.05, 3.63) is 118 Å². The molecule has 0 bridgehead atoms. The molecule has 4 aromatic carbocycles. The molecular formula is C36H33F5N2O7S. The highest BCUT2D eigenvalue weighted by Crippen LogP contribution is 2.42. The quantitative estimate of drug-likeness (QED) is 0.0852. The first kappa shape index (κ1) is 37.2. The number of carboxylic acid groups (broad SMARTS) is 1. The van der Waals surface area contributed by atoms with Crippen LogP contribution in [0, 0.1) is 29.1 Å². The minimum absolute atomic E-state index is 0.0165. The number of rotatable bonds is 11. The van der Waals surface area contributed by atoms with Gasteiger partial charge in [-0.15, -0.1) is 0 Å². The van der Waals surface area contributed by atoms with E-state index in [4.69, 9.17) is 0 Å². The lowest BCUT2D eigenvalue weighted by Gasteiger charge is -2.29. The van der Waals surface area contributed by atoms with E-state index in [9.17, 15) is 55.3 Å². The number of sulfonamides is 1. The Hall–Kier alpha value is -5.02. The molecule has 1 aliphatic carbocycles. The molecule has 0 unspecified atom stereocenters. The summed E-state index contributed by atoms with van der Waals surface area (Å²) in [4.78, 5) is 24.7. The van der Waals surface area contributed by atoms with Crippen molar-refractivity contribution in [1.82, 2.24) is 4.31 Å². The maximum Gasteiger partial charge on any atom is 0.339 e. The summed E-state index contributed by atoms with van der Waals surface area (Å²) in [6, 6.07) is 13.8. The van der Waals surface area contributed by atoms with Crippen molar-refractivity contribution in [2.45, 2.75) is 62.9 Å². The summed E-state index contributed by atoms with van der Waals surface area (Å²) >= 11 is 0. The molecule has 1 amide bonds. The number of carboxylic acids is 1. The molecule has 0 atom stereocenters. The SMILES string of the molecule is CC(C)(C)c1cc(CN(C(=O)CN(Cc2cccc(O)c2)S(=O)(=O)c2c(F)c(F)c(F)c(F)c2F)c2ccc(C(=O)O)c(O)c2)cc(C2CC2)c1. The highest BCUT2D eigenvalue weighted by Gasteiger charge is 2.39. The van der Waals surface area contributed by atoms with Gasteiger partial charge in [-0.2, -0.15) is 4.31 Å². The van der Waals surface area contributed by atoms with Crippen molar-refractivity contribution < 1.29 is 55.3 Å². The number of aromatic hydroxyl groups is 2. The fourth-order valence-electron chi connectivity index (χ4n) is 5.53. The number of hydrogen-bond acceptors (Lipinski definition) is 6. The number of halogens is 5. The topological polar surface area (TPSA) is 135 Å². The second-order valence-electron chi connectivity index (χ2n) is 13.3. The number of aromatic carboxylic acids is 1. The lowest BCUT2D eigenvalue weighted by atomic mass is 9.84. The van der Waals surface area contributed by atoms with Crippen LogP contribution in [-0.2, 0) is 33.3 Å². The second-order valence-corrected chi connectivity index (χ2v) is 15.2. The average molecular weight is 733 g/mol. The Labute approximate surface area is 290 Å². The van der Waals surface area contributed by atoms with E-state index in [1.165, 1.54) is 24.3 Å². The van der Waals surface area contributed by atoms with E-state index in [-0.39, 0.29) is 39.2 Å². The molecular weight excluding hydrogens is 699 g/mol. The smallest absolute Gasteiger partial charge is 0.339 e. The first-order valence-electron chi connectivity index (χ1n) is 15.6. The Morgan fingerprint density at radius 2 is 1.43 bits per heavy atom. The third kappa shape index (κ3) is 7.84. The third-order valence-corrected chi connectivity index (χ3v) is 10.3. The van der Waals surface area contributed by atoms with Gasteiger partial charge in [0.25, 0.3) is 0 Å². The van der Waals surface area contributed by atoms with Gasteiger partial charge in [-0.3, -0.25) is 4.79 Å². The van der Waals surface area contributed by atoms with Crippen LogP contribution < -0.4 is 4.90 Å². The number of nitrogens with zero attached hydrogens (tertiary/aromatic N) is 2. The largest absolute Gasteiger partial charge is 0.508 e. The molecule has 5 rings (SSSR count). The first-order valence-corrected chi connectivity index (χ1v) is 17.0. The van der Waals surface area contributed by atoms with Crippen LogP contribution in [0.25, 0.3) is 0 Å². The monoisotopic (exact) mass is 732 g/mol. The molecule has 0 spiro atoms. The lowest BCUT2D eigenvalue weighted by molar-refractivity contribution is -0.119. The van der Waals surface area contributed by atoms with Crippen molar-refractivity contribution in [2.75, 3.05) is 11.4 Å². The van der Waals surface area contributed by atoms with Crippen LogP contribution in [0.3, 0.4) is 0 Å². The maximum absolute atomic E-state index is 15.0. The number of hydrogen-bond donors (Lipinski definition) is 3. The number of carbonyl (C=O) groups excluding carboxylic acids is 1. The summed E-state index contributed by atoms with van der Waals surface area (Å²) in [6.45, 7) is 3.57. The second kappa shape index (κ2) is 13.9. The van der Waals surface area contributed by atoms with Gasteiger partial charge < -0.3 is 20.2 Å². The Bertz CT molecular complexity index is 2120. The van der Waals surface area contributed by atoms with Crippen LogP contribution in [0.4, 0.5) is 27.6 Å². The van der Waals surface area contributed by atoms with Gasteiger partial charge in [0.05, 0.1) is 13.1 Å². The molecule has 9 nitrogen and oxygen atoms in total. The Balaban J connectivity index is 1.64. The molecule has 1 saturated carbocycles. The molecule has 0 aromatic heterocycles. The fourth-order valence-corrected chi connectivity index (χ4v) is 7.02. The minimum Gasteiger partial charge on any atom is -0.508 e. The minimum atomic E-state index is -5.70. The van der Waals surface area contributed by atoms with Crippen LogP contribution in [-0.4, -0.2) is 46.5 Å². The van der Waals surface area contributed by atoms with E-state index in [1.54, 1.807) is 0 Å². The molecule has 1 aliphatic rings. The van der Waals surface area contributed by atoms with E-state index in [1.807, 2.05) is 32.9 Å². The molecule has 51 heavy (non-hydrogen) atoms. The van der Waals surface area contributed by atoms with Gasteiger partial charge in [-0.05, 0) is 70.7 Å². The number of phenolic OH excluding ortho intramolecular Hbond substituents is 1. The summed E-state index contributed by atoms with van der Waals surface area (Å²) < 4.78 is 100. The molecule has 0 radical (unpaired) electrons. The number of benzene rings is 4. The van der Waals surface area contributed by atoms with Crippen molar-refractivity contribution in [1.29, 1.82) is 0 Å². The van der Waals surface area contributed by atoms with Crippen LogP contribution >= 0.6 is 0 Å². The molecule has 0 heterocycles. The van der Waals surface area contributed by atoms with Crippen molar-refractivity contribution in [2.24, 2.45) is 0 Å². The number of anilines is 1. The van der Waals surface area contributed by atoms with Gasteiger partial charge >= 0.3 is 5.97 Å².